The molecule has 0 aliphatic carbocycles. The van der Waals surface area contributed by atoms with Crippen LogP contribution in [0.2, 0.25) is 0 Å². The minimum atomic E-state index is -0.584. The Balaban J connectivity index is 1.74. The third-order valence-electron chi connectivity index (χ3n) is 5.12. The van der Waals surface area contributed by atoms with E-state index in [4.69, 9.17) is 0 Å². The third-order valence-corrected chi connectivity index (χ3v) is 5.12. The Hall–Kier alpha value is -3.02. The van der Waals surface area contributed by atoms with Crippen LogP contribution in [0.1, 0.15) is 29.7 Å². The van der Waals surface area contributed by atoms with Crippen LogP contribution in [-0.4, -0.2) is 27.5 Å². The predicted molar refractivity (Wildman–Crippen MR) is 115 cm³/mol. The lowest BCUT2D eigenvalue weighted by atomic mass is 10.0. The van der Waals surface area contributed by atoms with E-state index in [1.54, 1.807) is 12.1 Å². The lowest BCUT2D eigenvalue weighted by Crippen LogP contribution is -2.37. The maximum atomic E-state index is 10.9. The summed E-state index contributed by atoms with van der Waals surface area (Å²) < 4.78 is 0. The molecule has 3 aromatic carbocycles. The largest absolute Gasteiger partial charge is 0.387 e. The van der Waals surface area contributed by atoms with Crippen LogP contribution in [0.4, 0.5) is 5.69 Å². The zero-order chi connectivity index (χ0) is 20.6. The van der Waals surface area contributed by atoms with Gasteiger partial charge < -0.3 is 5.11 Å². The Morgan fingerprint density at radius 1 is 0.897 bits per heavy atom. The smallest absolute Gasteiger partial charge is 0.269 e. The standard InChI is InChI=1S/C24H26N2O3/c1-19(16-20-12-14-23(15-13-20)26(28)29)25(17-21-8-4-2-5-9-21)18-24(27)22-10-6-3-7-11-22/h2-15,19,24,27H,16-18H2,1H3/t19-,24+/m1/s1. The first-order valence-corrected chi connectivity index (χ1v) is 9.77. The summed E-state index contributed by atoms with van der Waals surface area (Å²) in [6.07, 6.45) is 0.158. The molecular formula is C24H26N2O3. The minimum absolute atomic E-state index is 0.0991. The second-order valence-electron chi connectivity index (χ2n) is 7.32. The molecular weight excluding hydrogens is 364 g/mol. The van der Waals surface area contributed by atoms with E-state index in [1.165, 1.54) is 5.56 Å². The minimum Gasteiger partial charge on any atom is -0.387 e. The maximum Gasteiger partial charge on any atom is 0.269 e. The summed E-state index contributed by atoms with van der Waals surface area (Å²) in [6, 6.07) is 26.7. The van der Waals surface area contributed by atoms with Gasteiger partial charge in [0, 0.05) is 31.3 Å². The number of nitro benzene ring substituents is 1. The van der Waals surface area contributed by atoms with Crippen LogP contribution in [-0.2, 0) is 13.0 Å². The Morgan fingerprint density at radius 3 is 2.07 bits per heavy atom. The number of aliphatic hydroxyl groups is 1. The molecule has 0 bridgehead atoms. The second-order valence-corrected chi connectivity index (χ2v) is 7.32. The number of nitro groups is 1. The van der Waals surface area contributed by atoms with E-state index in [1.807, 2.05) is 60.7 Å². The molecule has 0 spiro atoms. The first kappa shape index (κ1) is 20.7. The second kappa shape index (κ2) is 9.96. The average Bonchev–Trinajstić information content (AvgIpc) is 2.75. The van der Waals surface area contributed by atoms with E-state index in [2.05, 4.69) is 24.0 Å². The van der Waals surface area contributed by atoms with E-state index in [9.17, 15) is 15.2 Å². The Bertz CT molecular complexity index is 898. The average molecular weight is 390 g/mol. The lowest BCUT2D eigenvalue weighted by molar-refractivity contribution is -0.384. The van der Waals surface area contributed by atoms with Crippen molar-refractivity contribution in [2.45, 2.75) is 32.0 Å². The predicted octanol–water partition coefficient (Wildman–Crippen LogP) is 4.76. The molecule has 0 aliphatic rings. The molecule has 0 fully saturated rings. The van der Waals surface area contributed by atoms with Crippen LogP contribution < -0.4 is 0 Å². The molecule has 0 radical (unpaired) electrons. The summed E-state index contributed by atoms with van der Waals surface area (Å²) in [6.45, 7) is 3.36. The topological polar surface area (TPSA) is 66.6 Å². The van der Waals surface area contributed by atoms with Crippen LogP contribution in [0, 0.1) is 10.1 Å². The molecule has 0 saturated carbocycles. The van der Waals surface area contributed by atoms with Crippen LogP contribution in [0.5, 0.6) is 0 Å². The molecule has 0 unspecified atom stereocenters. The van der Waals surface area contributed by atoms with Crippen molar-refractivity contribution in [3.05, 3.63) is 112 Å². The van der Waals surface area contributed by atoms with Gasteiger partial charge in [-0.25, -0.2) is 0 Å². The molecule has 0 aromatic heterocycles. The van der Waals surface area contributed by atoms with Gasteiger partial charge >= 0.3 is 0 Å². The summed E-state index contributed by atoms with van der Waals surface area (Å²) >= 11 is 0. The van der Waals surface area contributed by atoms with Gasteiger partial charge in [0.2, 0.25) is 0 Å². The molecule has 1 N–H and O–H groups in total. The zero-order valence-electron chi connectivity index (χ0n) is 16.5. The van der Waals surface area contributed by atoms with Gasteiger partial charge in [-0.3, -0.25) is 15.0 Å². The van der Waals surface area contributed by atoms with Crippen molar-refractivity contribution in [3.63, 3.8) is 0 Å². The van der Waals surface area contributed by atoms with Crippen molar-refractivity contribution in [3.8, 4) is 0 Å². The van der Waals surface area contributed by atoms with E-state index < -0.39 is 6.10 Å². The monoisotopic (exact) mass is 390 g/mol. The van der Waals surface area contributed by atoms with E-state index in [0.717, 1.165) is 24.1 Å². The van der Waals surface area contributed by atoms with Gasteiger partial charge in [-0.05, 0) is 30.0 Å². The number of rotatable bonds is 9. The van der Waals surface area contributed by atoms with Gasteiger partial charge in [-0.15, -0.1) is 0 Å². The summed E-state index contributed by atoms with van der Waals surface area (Å²) in [5.41, 5.74) is 3.22. The van der Waals surface area contributed by atoms with Gasteiger partial charge in [-0.2, -0.15) is 0 Å². The van der Waals surface area contributed by atoms with Crippen molar-refractivity contribution in [2.24, 2.45) is 0 Å². The van der Waals surface area contributed by atoms with Crippen LogP contribution in [0.15, 0.2) is 84.9 Å². The Labute approximate surface area is 171 Å². The van der Waals surface area contributed by atoms with Gasteiger partial charge in [-0.1, -0.05) is 72.8 Å². The molecule has 29 heavy (non-hydrogen) atoms. The number of hydrogen-bond acceptors (Lipinski definition) is 4. The molecule has 2 atom stereocenters. The molecule has 5 heteroatoms. The number of hydrogen-bond donors (Lipinski definition) is 1. The number of non-ortho nitro benzene ring substituents is 1. The summed E-state index contributed by atoms with van der Waals surface area (Å²) in [4.78, 5) is 12.7. The van der Waals surface area contributed by atoms with Crippen molar-refractivity contribution in [1.82, 2.24) is 4.90 Å². The van der Waals surface area contributed by atoms with Gasteiger partial charge in [0.1, 0.15) is 0 Å². The lowest BCUT2D eigenvalue weighted by Gasteiger charge is -2.31. The van der Waals surface area contributed by atoms with Crippen LogP contribution >= 0.6 is 0 Å². The molecule has 3 aromatic rings. The summed E-state index contributed by atoms with van der Waals surface area (Å²) in [5, 5.41) is 21.6. The highest BCUT2D eigenvalue weighted by Crippen LogP contribution is 2.20. The molecule has 0 heterocycles. The van der Waals surface area contributed by atoms with Gasteiger partial charge in [0.15, 0.2) is 0 Å². The first-order valence-electron chi connectivity index (χ1n) is 9.77. The fourth-order valence-electron chi connectivity index (χ4n) is 3.44. The molecule has 3 rings (SSSR count). The number of nitrogens with zero attached hydrogens (tertiary/aromatic N) is 2. The highest BCUT2D eigenvalue weighted by Gasteiger charge is 2.20. The Kier molecular flexibility index (Phi) is 7.11. The zero-order valence-corrected chi connectivity index (χ0v) is 16.5. The highest BCUT2D eigenvalue weighted by atomic mass is 16.6. The van der Waals surface area contributed by atoms with Crippen LogP contribution in [0.25, 0.3) is 0 Å². The molecule has 150 valence electrons. The maximum absolute atomic E-state index is 10.9. The van der Waals surface area contributed by atoms with Gasteiger partial charge in [0.05, 0.1) is 11.0 Å². The highest BCUT2D eigenvalue weighted by molar-refractivity contribution is 5.33. The first-order chi connectivity index (χ1) is 14.0. The SMILES string of the molecule is C[C@H](Cc1ccc([N+](=O)[O-])cc1)N(Cc1ccccc1)C[C@H](O)c1ccccc1. The third kappa shape index (κ3) is 5.98. The Morgan fingerprint density at radius 2 is 1.48 bits per heavy atom. The quantitative estimate of drug-likeness (QED) is 0.422. The molecule has 0 saturated heterocycles. The fourth-order valence-corrected chi connectivity index (χ4v) is 3.44. The molecule has 0 aliphatic heterocycles. The van der Waals surface area contributed by atoms with Crippen molar-refractivity contribution in [1.29, 1.82) is 0 Å². The van der Waals surface area contributed by atoms with E-state index in [-0.39, 0.29) is 16.7 Å². The van der Waals surface area contributed by atoms with E-state index >= 15 is 0 Å². The number of benzene rings is 3. The van der Waals surface area contributed by atoms with Crippen LogP contribution in [0.3, 0.4) is 0 Å². The molecule has 5 nitrogen and oxygen atoms in total. The molecule has 0 amide bonds. The van der Waals surface area contributed by atoms with Crippen molar-refractivity contribution in [2.75, 3.05) is 6.54 Å². The summed E-state index contributed by atoms with van der Waals surface area (Å²) in [5.74, 6) is 0. The number of aliphatic hydroxyl groups excluding tert-OH is 1. The van der Waals surface area contributed by atoms with Gasteiger partial charge in [0.25, 0.3) is 5.69 Å². The normalized spacial score (nSPS) is 13.2. The van der Waals surface area contributed by atoms with Crippen molar-refractivity contribution < 1.29 is 10.0 Å². The fraction of sp³-hybridized carbons (Fsp3) is 0.250. The van der Waals surface area contributed by atoms with Crippen molar-refractivity contribution >= 4 is 5.69 Å². The summed E-state index contributed by atoms with van der Waals surface area (Å²) in [7, 11) is 0. The van der Waals surface area contributed by atoms with E-state index in [0.29, 0.717) is 6.54 Å².